The third kappa shape index (κ3) is 2.77. The number of carbonyl (C=O) groups excluding carboxylic acids is 1. The minimum absolute atomic E-state index is 0.0711. The highest BCUT2D eigenvalue weighted by molar-refractivity contribution is 7.89. The number of hydrogen-bond donors (Lipinski definition) is 3. The van der Waals surface area contributed by atoms with Crippen molar-refractivity contribution in [2.24, 2.45) is 0 Å². The molecule has 0 aliphatic heterocycles. The molecule has 0 saturated heterocycles. The molecule has 0 bridgehead atoms. The number of nitrogens with zero attached hydrogens (tertiary/aromatic N) is 1. The van der Waals surface area contributed by atoms with Crippen molar-refractivity contribution >= 4 is 15.9 Å². The van der Waals surface area contributed by atoms with Gasteiger partial charge in [-0.2, -0.15) is 4.72 Å². The summed E-state index contributed by atoms with van der Waals surface area (Å²) in [7, 11) is -2.27. The van der Waals surface area contributed by atoms with Crippen molar-refractivity contribution < 1.29 is 13.2 Å². The highest BCUT2D eigenvalue weighted by atomic mass is 32.2. The van der Waals surface area contributed by atoms with Crippen LogP contribution in [0.25, 0.3) is 0 Å². The van der Waals surface area contributed by atoms with Crippen LogP contribution in [0.15, 0.2) is 17.6 Å². The molecule has 84 valence electrons. The SMILES string of the molecule is CNC(=O)C(C)NS(=O)(=O)c1cnc[nH]1. The van der Waals surface area contributed by atoms with Crippen LogP contribution in [0.5, 0.6) is 0 Å². The van der Waals surface area contributed by atoms with Gasteiger partial charge in [-0.1, -0.05) is 0 Å². The van der Waals surface area contributed by atoms with Crippen molar-refractivity contribution in [3.05, 3.63) is 12.5 Å². The Hall–Kier alpha value is -1.41. The number of nitrogens with one attached hydrogen (secondary N) is 3. The second-order valence-electron chi connectivity index (χ2n) is 2.87. The first-order valence-electron chi connectivity index (χ1n) is 4.19. The van der Waals surface area contributed by atoms with Crippen LogP contribution in [0.2, 0.25) is 0 Å². The maximum atomic E-state index is 11.6. The van der Waals surface area contributed by atoms with E-state index in [1.165, 1.54) is 26.5 Å². The van der Waals surface area contributed by atoms with Crippen LogP contribution in [0.4, 0.5) is 0 Å². The van der Waals surface area contributed by atoms with Crippen LogP contribution in [0.1, 0.15) is 6.92 Å². The third-order valence-corrected chi connectivity index (χ3v) is 3.20. The number of hydrogen-bond acceptors (Lipinski definition) is 4. The monoisotopic (exact) mass is 232 g/mol. The van der Waals surface area contributed by atoms with Gasteiger partial charge in [-0.05, 0) is 6.92 Å². The second kappa shape index (κ2) is 4.41. The zero-order chi connectivity index (χ0) is 11.5. The summed E-state index contributed by atoms with van der Waals surface area (Å²) in [6, 6.07) is -0.830. The lowest BCUT2D eigenvalue weighted by Crippen LogP contribution is -2.43. The summed E-state index contributed by atoms with van der Waals surface area (Å²) in [5.41, 5.74) is 0. The van der Waals surface area contributed by atoms with Crippen molar-refractivity contribution in [1.82, 2.24) is 20.0 Å². The Bertz CT molecular complexity index is 425. The lowest BCUT2D eigenvalue weighted by Gasteiger charge is -2.11. The first-order chi connectivity index (χ1) is 6.97. The normalized spacial score (nSPS) is 13.5. The summed E-state index contributed by atoms with van der Waals surface area (Å²) in [6.45, 7) is 1.45. The molecular weight excluding hydrogens is 220 g/mol. The Morgan fingerprint density at radius 3 is 2.73 bits per heavy atom. The Labute approximate surface area is 87.3 Å². The summed E-state index contributed by atoms with van der Waals surface area (Å²) in [5, 5.41) is 2.27. The quantitative estimate of drug-likeness (QED) is 0.608. The van der Waals surface area contributed by atoms with Crippen molar-refractivity contribution in [1.29, 1.82) is 0 Å². The molecular formula is C7H12N4O3S. The average Bonchev–Trinajstić information content (AvgIpc) is 2.69. The second-order valence-corrected chi connectivity index (χ2v) is 4.56. The van der Waals surface area contributed by atoms with Crippen LogP contribution >= 0.6 is 0 Å². The van der Waals surface area contributed by atoms with Crippen molar-refractivity contribution in [3.8, 4) is 0 Å². The molecule has 15 heavy (non-hydrogen) atoms. The summed E-state index contributed by atoms with van der Waals surface area (Å²) in [6.07, 6.45) is 2.41. The lowest BCUT2D eigenvalue weighted by molar-refractivity contribution is -0.121. The smallest absolute Gasteiger partial charge is 0.258 e. The van der Waals surface area contributed by atoms with E-state index in [0.29, 0.717) is 0 Å². The van der Waals surface area contributed by atoms with Crippen LogP contribution in [0, 0.1) is 0 Å². The predicted molar refractivity (Wildman–Crippen MR) is 52.4 cm³/mol. The first kappa shape index (κ1) is 11.7. The van der Waals surface area contributed by atoms with Gasteiger partial charge in [-0.3, -0.25) is 4.79 Å². The van der Waals surface area contributed by atoms with E-state index in [4.69, 9.17) is 0 Å². The molecule has 0 aliphatic rings. The van der Waals surface area contributed by atoms with Crippen molar-refractivity contribution in [2.75, 3.05) is 7.05 Å². The predicted octanol–water partition coefficient (Wildman–Crippen LogP) is -1.18. The number of amides is 1. The van der Waals surface area contributed by atoms with Crippen LogP contribution < -0.4 is 10.0 Å². The van der Waals surface area contributed by atoms with Gasteiger partial charge in [0.2, 0.25) is 5.91 Å². The summed E-state index contributed by atoms with van der Waals surface area (Å²) >= 11 is 0. The molecule has 0 radical (unpaired) electrons. The molecule has 0 saturated carbocycles. The van der Waals surface area contributed by atoms with Gasteiger partial charge in [0.1, 0.15) is 0 Å². The van der Waals surface area contributed by atoms with E-state index < -0.39 is 22.0 Å². The zero-order valence-corrected chi connectivity index (χ0v) is 9.13. The first-order valence-corrected chi connectivity index (χ1v) is 5.68. The third-order valence-electron chi connectivity index (χ3n) is 1.73. The van der Waals surface area contributed by atoms with E-state index in [1.807, 2.05) is 0 Å². The largest absolute Gasteiger partial charge is 0.358 e. The fourth-order valence-corrected chi connectivity index (χ4v) is 2.06. The molecule has 8 heteroatoms. The number of rotatable bonds is 4. The molecule has 1 rings (SSSR count). The van der Waals surface area contributed by atoms with E-state index in [1.54, 1.807) is 0 Å². The molecule has 7 nitrogen and oxygen atoms in total. The molecule has 0 fully saturated rings. The Morgan fingerprint density at radius 1 is 1.60 bits per heavy atom. The molecule has 0 aliphatic carbocycles. The van der Waals surface area contributed by atoms with Crippen LogP contribution in [0.3, 0.4) is 0 Å². The summed E-state index contributed by atoms with van der Waals surface area (Å²) in [4.78, 5) is 17.1. The molecule has 1 amide bonds. The summed E-state index contributed by atoms with van der Waals surface area (Å²) < 4.78 is 25.3. The molecule has 1 atom stereocenters. The molecule has 3 N–H and O–H groups in total. The van der Waals surface area contributed by atoms with Gasteiger partial charge in [0.25, 0.3) is 10.0 Å². The number of H-pyrrole nitrogens is 1. The number of imidazole rings is 1. The van der Waals surface area contributed by atoms with E-state index in [0.717, 1.165) is 0 Å². The number of carbonyl (C=O) groups is 1. The standard InChI is InChI=1S/C7H12N4O3S/c1-5(7(12)8-2)11-15(13,14)6-3-9-4-10-6/h3-5,11H,1-2H3,(H,8,12)(H,9,10). The molecule has 0 spiro atoms. The lowest BCUT2D eigenvalue weighted by atomic mass is 10.3. The summed E-state index contributed by atoms with van der Waals surface area (Å²) in [5.74, 6) is -0.405. The fourth-order valence-electron chi connectivity index (χ4n) is 0.956. The van der Waals surface area contributed by atoms with Gasteiger partial charge in [0.15, 0.2) is 5.03 Å². The number of likely N-dealkylation sites (N-methyl/N-ethyl adjacent to an activating group) is 1. The van der Waals surface area contributed by atoms with Crippen molar-refractivity contribution in [2.45, 2.75) is 18.0 Å². The van der Waals surface area contributed by atoms with E-state index in [2.05, 4.69) is 20.0 Å². The molecule has 1 heterocycles. The Kier molecular flexibility index (Phi) is 3.43. The Balaban J connectivity index is 2.78. The van der Waals surface area contributed by atoms with Gasteiger partial charge in [-0.25, -0.2) is 13.4 Å². The minimum Gasteiger partial charge on any atom is -0.358 e. The van der Waals surface area contributed by atoms with Crippen molar-refractivity contribution in [3.63, 3.8) is 0 Å². The maximum Gasteiger partial charge on any atom is 0.258 e. The highest BCUT2D eigenvalue weighted by Gasteiger charge is 2.21. The average molecular weight is 232 g/mol. The molecule has 1 unspecified atom stereocenters. The number of aromatic nitrogens is 2. The van der Waals surface area contributed by atoms with Gasteiger partial charge in [0.05, 0.1) is 18.6 Å². The van der Waals surface area contributed by atoms with Crippen LogP contribution in [-0.2, 0) is 14.8 Å². The zero-order valence-electron chi connectivity index (χ0n) is 8.31. The van der Waals surface area contributed by atoms with E-state index in [9.17, 15) is 13.2 Å². The minimum atomic E-state index is -3.70. The van der Waals surface area contributed by atoms with E-state index in [-0.39, 0.29) is 5.03 Å². The number of sulfonamides is 1. The fraction of sp³-hybridized carbons (Fsp3) is 0.429. The molecule has 0 aromatic carbocycles. The van der Waals surface area contributed by atoms with E-state index >= 15 is 0 Å². The van der Waals surface area contributed by atoms with Gasteiger partial charge in [-0.15, -0.1) is 0 Å². The number of aromatic amines is 1. The van der Waals surface area contributed by atoms with Gasteiger partial charge in [0, 0.05) is 7.05 Å². The van der Waals surface area contributed by atoms with Crippen LogP contribution in [-0.4, -0.2) is 37.4 Å². The maximum absolute atomic E-state index is 11.6. The Morgan fingerprint density at radius 2 is 2.27 bits per heavy atom. The molecule has 1 aromatic rings. The van der Waals surface area contributed by atoms with Gasteiger partial charge < -0.3 is 10.3 Å². The highest BCUT2D eigenvalue weighted by Crippen LogP contribution is 2.02. The molecule has 1 aromatic heterocycles. The van der Waals surface area contributed by atoms with Gasteiger partial charge >= 0.3 is 0 Å². The topological polar surface area (TPSA) is 104 Å².